The first-order valence-electron chi connectivity index (χ1n) is 7.15. The van der Waals surface area contributed by atoms with E-state index in [1.54, 1.807) is 6.07 Å². The number of nitrogens with two attached hydrogens (primary N) is 1. The average molecular weight is 268 g/mol. The molecule has 2 N–H and O–H groups in total. The summed E-state index contributed by atoms with van der Waals surface area (Å²) in [6.45, 7) is 3.73. The van der Waals surface area contributed by atoms with E-state index in [9.17, 15) is 0 Å². The molecule has 4 heteroatoms. The second kappa shape index (κ2) is 5.49. The van der Waals surface area contributed by atoms with Gasteiger partial charge in [0.2, 0.25) is 0 Å². The fourth-order valence-corrected chi connectivity index (χ4v) is 2.83. The molecule has 3 rings (SSSR count). The van der Waals surface area contributed by atoms with E-state index >= 15 is 0 Å². The summed E-state index contributed by atoms with van der Waals surface area (Å²) < 4.78 is 0. The Morgan fingerprint density at radius 3 is 2.90 bits per heavy atom. The molecule has 0 saturated heterocycles. The van der Waals surface area contributed by atoms with Gasteiger partial charge < -0.3 is 10.6 Å². The van der Waals surface area contributed by atoms with Crippen LogP contribution in [0.5, 0.6) is 0 Å². The molecule has 2 aromatic rings. The smallest absolute Gasteiger partial charge is 0.150 e. The number of aryl methyl sites for hydroxylation is 2. The van der Waals surface area contributed by atoms with E-state index in [-0.39, 0.29) is 0 Å². The van der Waals surface area contributed by atoms with Crippen LogP contribution in [0.15, 0.2) is 30.3 Å². The minimum absolute atomic E-state index is 0.551. The van der Waals surface area contributed by atoms with Gasteiger partial charge in [-0.25, -0.2) is 9.97 Å². The monoisotopic (exact) mass is 268 g/mol. The fraction of sp³-hybridized carbons (Fsp3) is 0.375. The number of rotatable bonds is 2. The maximum atomic E-state index is 5.82. The summed E-state index contributed by atoms with van der Waals surface area (Å²) in [5.41, 5.74) is 9.48. The molecule has 1 aliphatic heterocycles. The Balaban J connectivity index is 1.90. The van der Waals surface area contributed by atoms with Crippen molar-refractivity contribution in [1.82, 2.24) is 9.97 Å². The van der Waals surface area contributed by atoms with Gasteiger partial charge in [-0.15, -0.1) is 0 Å². The maximum Gasteiger partial charge on any atom is 0.150 e. The van der Waals surface area contributed by atoms with Crippen LogP contribution in [0.2, 0.25) is 0 Å². The lowest BCUT2D eigenvalue weighted by Gasteiger charge is -2.24. The number of hydrogen-bond acceptors (Lipinski definition) is 4. The Bertz CT molecular complexity index is 589. The van der Waals surface area contributed by atoms with Gasteiger partial charge in [0, 0.05) is 24.0 Å². The summed E-state index contributed by atoms with van der Waals surface area (Å²) in [4.78, 5) is 11.2. The molecule has 0 saturated carbocycles. The van der Waals surface area contributed by atoms with Crippen LogP contribution in [-0.2, 0) is 13.0 Å². The van der Waals surface area contributed by atoms with Crippen molar-refractivity contribution in [2.45, 2.75) is 32.7 Å². The van der Waals surface area contributed by atoms with E-state index in [1.807, 2.05) is 6.92 Å². The molecule has 0 atom stereocenters. The molecule has 0 radical (unpaired) electrons. The molecule has 0 spiro atoms. The van der Waals surface area contributed by atoms with Crippen LogP contribution in [-0.4, -0.2) is 16.5 Å². The summed E-state index contributed by atoms with van der Waals surface area (Å²) in [5.74, 6) is 1.36. The SMILES string of the molecule is Cc1cc(N)nc(CN2CCCCc3ccccc32)n1. The second-order valence-electron chi connectivity index (χ2n) is 5.36. The predicted molar refractivity (Wildman–Crippen MR) is 81.6 cm³/mol. The van der Waals surface area contributed by atoms with E-state index in [4.69, 9.17) is 5.73 Å². The van der Waals surface area contributed by atoms with E-state index in [0.29, 0.717) is 5.82 Å². The summed E-state index contributed by atoms with van der Waals surface area (Å²) in [7, 11) is 0. The number of benzene rings is 1. The van der Waals surface area contributed by atoms with Crippen molar-refractivity contribution in [3.63, 3.8) is 0 Å². The zero-order valence-corrected chi connectivity index (χ0v) is 11.8. The number of aromatic nitrogens is 2. The Kier molecular flexibility index (Phi) is 3.54. The Morgan fingerprint density at radius 2 is 2.05 bits per heavy atom. The molecular formula is C16H20N4. The molecule has 1 aromatic heterocycles. The van der Waals surface area contributed by atoms with E-state index < -0.39 is 0 Å². The number of anilines is 2. The molecule has 0 fully saturated rings. The normalized spacial score (nSPS) is 14.8. The highest BCUT2D eigenvalue weighted by molar-refractivity contribution is 5.54. The average Bonchev–Trinajstić information content (AvgIpc) is 2.61. The van der Waals surface area contributed by atoms with E-state index in [0.717, 1.165) is 31.0 Å². The molecule has 1 aliphatic rings. The van der Waals surface area contributed by atoms with Crippen molar-refractivity contribution in [1.29, 1.82) is 0 Å². The Labute approximate surface area is 119 Å². The van der Waals surface area contributed by atoms with Gasteiger partial charge in [0.05, 0.1) is 6.54 Å². The first kappa shape index (κ1) is 12.9. The minimum Gasteiger partial charge on any atom is -0.384 e. The summed E-state index contributed by atoms with van der Waals surface area (Å²) in [6, 6.07) is 10.4. The molecule has 0 bridgehead atoms. The molecule has 20 heavy (non-hydrogen) atoms. The van der Waals surface area contributed by atoms with Crippen LogP contribution < -0.4 is 10.6 Å². The highest BCUT2D eigenvalue weighted by atomic mass is 15.2. The molecule has 2 heterocycles. The topological polar surface area (TPSA) is 55.0 Å². The van der Waals surface area contributed by atoms with Gasteiger partial charge in [-0.1, -0.05) is 18.2 Å². The largest absolute Gasteiger partial charge is 0.384 e. The third kappa shape index (κ3) is 2.74. The lowest BCUT2D eigenvalue weighted by atomic mass is 10.1. The van der Waals surface area contributed by atoms with Crippen molar-refractivity contribution in [2.75, 3.05) is 17.2 Å². The van der Waals surface area contributed by atoms with Crippen molar-refractivity contribution < 1.29 is 0 Å². The third-order valence-corrected chi connectivity index (χ3v) is 3.71. The van der Waals surface area contributed by atoms with Gasteiger partial charge in [-0.05, 0) is 37.8 Å². The molecule has 0 amide bonds. The first-order chi connectivity index (χ1) is 9.72. The minimum atomic E-state index is 0.551. The highest BCUT2D eigenvalue weighted by Crippen LogP contribution is 2.27. The standard InChI is InChI=1S/C16H20N4/c1-12-10-15(17)19-16(18-12)11-20-9-5-4-7-13-6-2-3-8-14(13)20/h2-3,6,8,10H,4-5,7,9,11H2,1H3,(H2,17,18,19). The molecular weight excluding hydrogens is 248 g/mol. The van der Waals surface area contributed by atoms with Gasteiger partial charge in [-0.2, -0.15) is 0 Å². The van der Waals surface area contributed by atoms with Crippen LogP contribution in [0, 0.1) is 6.92 Å². The number of nitrogens with zero attached hydrogens (tertiary/aromatic N) is 3. The van der Waals surface area contributed by atoms with Crippen molar-refractivity contribution in [2.24, 2.45) is 0 Å². The van der Waals surface area contributed by atoms with E-state index in [1.165, 1.54) is 24.1 Å². The zero-order valence-electron chi connectivity index (χ0n) is 11.8. The van der Waals surface area contributed by atoms with Crippen LogP contribution in [0.3, 0.4) is 0 Å². The summed E-state index contributed by atoms with van der Waals surface area (Å²) >= 11 is 0. The molecule has 4 nitrogen and oxygen atoms in total. The molecule has 0 unspecified atom stereocenters. The van der Waals surface area contributed by atoms with Gasteiger partial charge in [0.1, 0.15) is 11.6 Å². The third-order valence-electron chi connectivity index (χ3n) is 3.71. The van der Waals surface area contributed by atoms with Gasteiger partial charge in [0.15, 0.2) is 0 Å². The lowest BCUT2D eigenvalue weighted by molar-refractivity contribution is 0.698. The zero-order chi connectivity index (χ0) is 13.9. The maximum absolute atomic E-state index is 5.82. The van der Waals surface area contributed by atoms with Crippen molar-refractivity contribution in [3.8, 4) is 0 Å². The number of nitrogen functional groups attached to an aromatic ring is 1. The van der Waals surface area contributed by atoms with Crippen LogP contribution in [0.4, 0.5) is 11.5 Å². The number of fused-ring (bicyclic) bond motifs is 1. The fourth-order valence-electron chi connectivity index (χ4n) is 2.83. The van der Waals surface area contributed by atoms with Gasteiger partial charge in [0.25, 0.3) is 0 Å². The highest BCUT2D eigenvalue weighted by Gasteiger charge is 2.16. The van der Waals surface area contributed by atoms with Gasteiger partial charge in [-0.3, -0.25) is 0 Å². The van der Waals surface area contributed by atoms with E-state index in [2.05, 4.69) is 39.1 Å². The second-order valence-corrected chi connectivity index (χ2v) is 5.36. The van der Waals surface area contributed by atoms with Crippen LogP contribution in [0.25, 0.3) is 0 Å². The Hall–Kier alpha value is -2.10. The van der Waals surface area contributed by atoms with Gasteiger partial charge >= 0.3 is 0 Å². The molecule has 0 aliphatic carbocycles. The predicted octanol–water partition coefficient (Wildman–Crippen LogP) is 2.71. The quantitative estimate of drug-likeness (QED) is 0.910. The lowest BCUT2D eigenvalue weighted by Crippen LogP contribution is -2.25. The summed E-state index contributed by atoms with van der Waals surface area (Å²) in [6.07, 6.45) is 3.60. The molecule has 1 aromatic carbocycles. The van der Waals surface area contributed by atoms with Crippen molar-refractivity contribution in [3.05, 3.63) is 47.4 Å². The molecule has 104 valence electrons. The van der Waals surface area contributed by atoms with Crippen LogP contribution >= 0.6 is 0 Å². The number of hydrogen-bond donors (Lipinski definition) is 1. The first-order valence-corrected chi connectivity index (χ1v) is 7.15. The summed E-state index contributed by atoms with van der Waals surface area (Å²) in [5, 5.41) is 0. The van der Waals surface area contributed by atoms with Crippen LogP contribution in [0.1, 0.15) is 29.9 Å². The number of para-hydroxylation sites is 1. The van der Waals surface area contributed by atoms with Crippen molar-refractivity contribution >= 4 is 11.5 Å². The Morgan fingerprint density at radius 1 is 1.20 bits per heavy atom.